The quantitative estimate of drug-likeness (QED) is 0.405. The van der Waals surface area contributed by atoms with Crippen molar-refractivity contribution in [2.45, 2.75) is 44.9 Å². The van der Waals surface area contributed by atoms with Crippen LogP contribution in [0.4, 0.5) is 5.69 Å². The summed E-state index contributed by atoms with van der Waals surface area (Å²) < 4.78 is 5.03. The molecule has 0 radical (unpaired) electrons. The van der Waals surface area contributed by atoms with Crippen LogP contribution in [0.2, 0.25) is 0 Å². The van der Waals surface area contributed by atoms with Crippen LogP contribution in [0.25, 0.3) is 0 Å². The zero-order valence-corrected chi connectivity index (χ0v) is 12.2. The number of nitro benzene ring substituents is 1. The van der Waals surface area contributed by atoms with Crippen molar-refractivity contribution in [2.75, 3.05) is 7.11 Å². The molecule has 0 spiro atoms. The Morgan fingerprint density at radius 1 is 1.24 bits per heavy atom. The Morgan fingerprint density at radius 2 is 1.90 bits per heavy atom. The lowest BCUT2D eigenvalue weighted by atomic mass is 10.0. The average Bonchev–Trinajstić information content (AvgIpc) is 2.45. The van der Waals surface area contributed by atoms with E-state index in [-0.39, 0.29) is 12.1 Å². The first-order valence-corrected chi connectivity index (χ1v) is 7.07. The minimum atomic E-state index is -0.743. The second-order valence-electron chi connectivity index (χ2n) is 4.92. The zero-order chi connectivity index (χ0) is 15.7. The molecule has 1 aromatic rings. The van der Waals surface area contributed by atoms with Crippen LogP contribution in [0.15, 0.2) is 18.2 Å². The van der Waals surface area contributed by atoms with Crippen LogP contribution in [-0.4, -0.2) is 23.1 Å². The smallest absolute Gasteiger partial charge is 0.310 e. The van der Waals surface area contributed by atoms with E-state index in [4.69, 9.17) is 9.84 Å². The Kier molecular flexibility index (Phi) is 7.21. The van der Waals surface area contributed by atoms with Gasteiger partial charge in [0.05, 0.1) is 12.0 Å². The molecule has 1 N–H and O–H groups in total. The van der Waals surface area contributed by atoms with Gasteiger partial charge < -0.3 is 9.84 Å². The van der Waals surface area contributed by atoms with Crippen LogP contribution in [0.1, 0.15) is 44.1 Å². The summed E-state index contributed by atoms with van der Waals surface area (Å²) in [6.07, 6.45) is 5.74. The highest BCUT2D eigenvalue weighted by molar-refractivity contribution is 5.66. The molecule has 116 valence electrons. The standard InChI is InChI=1S/C15H21NO5/c1-21-14-11-12(9-10-13(14)16(19)20)7-5-3-2-4-6-8-15(17)18/h9-11H,2-8H2,1H3,(H,17,18). The Hall–Kier alpha value is -2.11. The highest BCUT2D eigenvalue weighted by atomic mass is 16.6. The fraction of sp³-hybridized carbons (Fsp3) is 0.533. The van der Waals surface area contributed by atoms with Gasteiger partial charge in [-0.2, -0.15) is 0 Å². The predicted octanol–water partition coefficient (Wildman–Crippen LogP) is 3.57. The molecule has 6 heteroatoms. The molecule has 0 saturated heterocycles. The number of hydrogen-bond donors (Lipinski definition) is 1. The van der Waals surface area contributed by atoms with Gasteiger partial charge in [-0.1, -0.05) is 25.3 Å². The molecule has 0 aromatic heterocycles. The molecule has 6 nitrogen and oxygen atoms in total. The number of aryl methyl sites for hydroxylation is 1. The Morgan fingerprint density at radius 3 is 2.52 bits per heavy atom. The van der Waals surface area contributed by atoms with E-state index >= 15 is 0 Å². The molecule has 0 aliphatic carbocycles. The first-order chi connectivity index (χ1) is 10.0. The Bertz CT molecular complexity index is 487. The van der Waals surface area contributed by atoms with Crippen molar-refractivity contribution in [2.24, 2.45) is 0 Å². The molecule has 1 aromatic carbocycles. The minimum absolute atomic E-state index is 0.0186. The fourth-order valence-corrected chi connectivity index (χ4v) is 2.16. The van der Waals surface area contributed by atoms with Gasteiger partial charge in [-0.3, -0.25) is 14.9 Å². The van der Waals surface area contributed by atoms with E-state index < -0.39 is 10.9 Å². The maximum Gasteiger partial charge on any atom is 0.310 e. The zero-order valence-electron chi connectivity index (χ0n) is 12.2. The van der Waals surface area contributed by atoms with Gasteiger partial charge in [0, 0.05) is 12.5 Å². The summed E-state index contributed by atoms with van der Waals surface area (Å²) >= 11 is 0. The Balaban J connectivity index is 2.32. The summed E-state index contributed by atoms with van der Waals surface area (Å²) in [4.78, 5) is 20.7. The number of ether oxygens (including phenoxy) is 1. The van der Waals surface area contributed by atoms with Crippen LogP contribution in [0.3, 0.4) is 0 Å². The summed E-state index contributed by atoms with van der Waals surface area (Å²) in [5.74, 6) is -0.452. The van der Waals surface area contributed by atoms with Crippen molar-refractivity contribution >= 4 is 11.7 Å². The van der Waals surface area contributed by atoms with Crippen LogP contribution in [0.5, 0.6) is 5.75 Å². The normalized spacial score (nSPS) is 10.3. The predicted molar refractivity (Wildman–Crippen MR) is 78.7 cm³/mol. The second-order valence-corrected chi connectivity index (χ2v) is 4.92. The van der Waals surface area contributed by atoms with Crippen molar-refractivity contribution in [3.05, 3.63) is 33.9 Å². The molecule has 0 aliphatic heterocycles. The van der Waals surface area contributed by atoms with E-state index in [9.17, 15) is 14.9 Å². The van der Waals surface area contributed by atoms with E-state index in [0.29, 0.717) is 5.75 Å². The lowest BCUT2D eigenvalue weighted by Crippen LogP contribution is -1.96. The summed E-state index contributed by atoms with van der Waals surface area (Å²) in [7, 11) is 1.43. The number of unbranched alkanes of at least 4 members (excludes halogenated alkanes) is 4. The van der Waals surface area contributed by atoms with Gasteiger partial charge in [0.1, 0.15) is 0 Å². The summed E-state index contributed by atoms with van der Waals surface area (Å²) in [6.45, 7) is 0. The molecule has 0 saturated carbocycles. The van der Waals surface area contributed by atoms with E-state index in [0.717, 1.165) is 44.1 Å². The van der Waals surface area contributed by atoms with E-state index in [1.54, 1.807) is 12.1 Å². The number of nitrogens with zero attached hydrogens (tertiary/aromatic N) is 1. The number of benzene rings is 1. The number of nitro groups is 1. The maximum atomic E-state index is 10.8. The highest BCUT2D eigenvalue weighted by Gasteiger charge is 2.14. The van der Waals surface area contributed by atoms with Gasteiger partial charge in [0.25, 0.3) is 0 Å². The molecular weight excluding hydrogens is 274 g/mol. The van der Waals surface area contributed by atoms with Crippen molar-refractivity contribution < 1.29 is 19.6 Å². The number of carboxylic acids is 1. The minimum Gasteiger partial charge on any atom is -0.490 e. The van der Waals surface area contributed by atoms with Crippen molar-refractivity contribution in [1.82, 2.24) is 0 Å². The SMILES string of the molecule is COc1cc(CCCCCCCC(=O)O)ccc1[N+](=O)[O-]. The van der Waals surface area contributed by atoms with Crippen LogP contribution >= 0.6 is 0 Å². The molecule has 0 fully saturated rings. The molecule has 1 rings (SSSR count). The molecule has 0 unspecified atom stereocenters. The van der Waals surface area contributed by atoms with Crippen LogP contribution in [-0.2, 0) is 11.2 Å². The molecule has 0 bridgehead atoms. The van der Waals surface area contributed by atoms with E-state index in [1.807, 2.05) is 0 Å². The number of methoxy groups -OCH3 is 1. The maximum absolute atomic E-state index is 10.8. The summed E-state index contributed by atoms with van der Waals surface area (Å²) in [5.41, 5.74) is 0.998. The second kappa shape index (κ2) is 8.94. The van der Waals surface area contributed by atoms with Gasteiger partial charge in [0.15, 0.2) is 5.75 Å². The molecule has 0 amide bonds. The van der Waals surface area contributed by atoms with Crippen molar-refractivity contribution in [1.29, 1.82) is 0 Å². The van der Waals surface area contributed by atoms with Crippen molar-refractivity contribution in [3.8, 4) is 5.75 Å². The first-order valence-electron chi connectivity index (χ1n) is 7.07. The topological polar surface area (TPSA) is 89.7 Å². The van der Waals surface area contributed by atoms with Gasteiger partial charge in [-0.15, -0.1) is 0 Å². The third kappa shape index (κ3) is 6.25. The third-order valence-corrected chi connectivity index (χ3v) is 3.30. The fourth-order valence-electron chi connectivity index (χ4n) is 2.16. The lowest BCUT2D eigenvalue weighted by Gasteiger charge is -2.05. The third-order valence-electron chi connectivity index (χ3n) is 3.30. The Labute approximate surface area is 123 Å². The van der Waals surface area contributed by atoms with Gasteiger partial charge in [-0.05, 0) is 30.9 Å². The van der Waals surface area contributed by atoms with E-state index in [1.165, 1.54) is 13.2 Å². The monoisotopic (exact) mass is 295 g/mol. The van der Waals surface area contributed by atoms with Crippen LogP contribution in [0, 0.1) is 10.1 Å². The highest BCUT2D eigenvalue weighted by Crippen LogP contribution is 2.28. The number of hydrogen-bond acceptors (Lipinski definition) is 4. The number of aliphatic carboxylic acids is 1. The summed E-state index contributed by atoms with van der Waals surface area (Å²) in [5, 5.41) is 19.3. The summed E-state index contributed by atoms with van der Waals surface area (Å²) in [6, 6.07) is 4.94. The van der Waals surface area contributed by atoms with Gasteiger partial charge in [0.2, 0.25) is 0 Å². The van der Waals surface area contributed by atoms with Gasteiger partial charge >= 0.3 is 11.7 Å². The lowest BCUT2D eigenvalue weighted by molar-refractivity contribution is -0.385. The van der Waals surface area contributed by atoms with Crippen molar-refractivity contribution in [3.63, 3.8) is 0 Å². The molecule has 21 heavy (non-hydrogen) atoms. The number of carboxylic acid groups (broad SMARTS) is 1. The molecule has 0 heterocycles. The number of carbonyl (C=O) groups is 1. The molecular formula is C15H21NO5. The first kappa shape index (κ1) is 16.9. The number of rotatable bonds is 10. The van der Waals surface area contributed by atoms with Gasteiger partial charge in [-0.25, -0.2) is 0 Å². The molecule has 0 atom stereocenters. The largest absolute Gasteiger partial charge is 0.490 e. The average molecular weight is 295 g/mol. The van der Waals surface area contributed by atoms with E-state index in [2.05, 4.69) is 0 Å². The molecule has 0 aliphatic rings. The van der Waals surface area contributed by atoms with Crippen LogP contribution < -0.4 is 4.74 Å².